The number of aryl methyl sites for hydroxylation is 1. The smallest absolute Gasteiger partial charge is 0.199 e. The first-order valence-electron chi connectivity index (χ1n) is 13.7. The summed E-state index contributed by atoms with van der Waals surface area (Å²) in [4.78, 5) is 14.2. The van der Waals surface area contributed by atoms with Crippen molar-refractivity contribution in [2.24, 2.45) is 0 Å². The first-order valence-corrected chi connectivity index (χ1v) is 13.7. The molecule has 0 bridgehead atoms. The zero-order valence-corrected chi connectivity index (χ0v) is 21.8. The molecule has 198 valence electrons. The van der Waals surface area contributed by atoms with Crippen molar-refractivity contribution in [3.63, 3.8) is 0 Å². The standard InChI is InChI=1S/C32H34O6/c1-21-11-13-22(14-12-21)32-30(23-7-6-8-24(19-23)36-28-9-2-4-17-34-28)31(33)26-20-25(15-16-27(26)38-32)37-29-10-3-5-18-35-29/h6-8,11-16,19-20,28-30,32H,2-5,9-10,17-18H2,1H3. The number of rotatable bonds is 6. The van der Waals surface area contributed by atoms with E-state index in [9.17, 15) is 4.79 Å². The second kappa shape index (κ2) is 11.2. The van der Waals surface area contributed by atoms with Gasteiger partial charge >= 0.3 is 0 Å². The van der Waals surface area contributed by atoms with Gasteiger partial charge in [-0.15, -0.1) is 0 Å². The third kappa shape index (κ3) is 5.42. The highest BCUT2D eigenvalue weighted by Crippen LogP contribution is 2.45. The molecule has 0 aromatic heterocycles. The molecule has 0 amide bonds. The van der Waals surface area contributed by atoms with E-state index in [0.717, 1.165) is 55.2 Å². The largest absolute Gasteiger partial charge is 0.484 e. The van der Waals surface area contributed by atoms with Crippen molar-refractivity contribution in [3.8, 4) is 17.2 Å². The van der Waals surface area contributed by atoms with Crippen molar-refractivity contribution in [2.75, 3.05) is 13.2 Å². The van der Waals surface area contributed by atoms with Gasteiger partial charge in [0.2, 0.25) is 0 Å². The van der Waals surface area contributed by atoms with Crippen LogP contribution in [0.2, 0.25) is 0 Å². The van der Waals surface area contributed by atoms with Gasteiger partial charge < -0.3 is 23.7 Å². The Kier molecular flexibility index (Phi) is 7.34. The summed E-state index contributed by atoms with van der Waals surface area (Å²) in [7, 11) is 0. The number of ether oxygens (including phenoxy) is 5. The van der Waals surface area contributed by atoms with E-state index in [2.05, 4.69) is 19.1 Å². The lowest BCUT2D eigenvalue weighted by Crippen LogP contribution is -2.30. The number of fused-ring (bicyclic) bond motifs is 1. The maximum atomic E-state index is 14.2. The monoisotopic (exact) mass is 514 g/mol. The van der Waals surface area contributed by atoms with Gasteiger partial charge in [0.05, 0.1) is 24.7 Å². The number of Topliss-reactive ketones (excluding diaryl/α,β-unsaturated/α-hetero) is 1. The van der Waals surface area contributed by atoms with Crippen LogP contribution < -0.4 is 14.2 Å². The van der Waals surface area contributed by atoms with Gasteiger partial charge in [-0.3, -0.25) is 4.79 Å². The van der Waals surface area contributed by atoms with Crippen LogP contribution in [-0.2, 0) is 9.47 Å². The molecule has 0 radical (unpaired) electrons. The molecule has 38 heavy (non-hydrogen) atoms. The van der Waals surface area contributed by atoms with E-state index < -0.39 is 12.0 Å². The number of carbonyl (C=O) groups is 1. The van der Waals surface area contributed by atoms with Crippen molar-refractivity contribution in [2.45, 2.75) is 70.1 Å². The Labute approximate surface area is 223 Å². The fourth-order valence-corrected chi connectivity index (χ4v) is 5.42. The molecule has 3 aromatic carbocycles. The van der Waals surface area contributed by atoms with Gasteiger partial charge in [0.15, 0.2) is 18.4 Å². The first kappa shape index (κ1) is 25.0. The summed E-state index contributed by atoms with van der Waals surface area (Å²) in [5, 5.41) is 0. The molecule has 0 aliphatic carbocycles. The molecule has 6 rings (SSSR count). The zero-order chi connectivity index (χ0) is 25.9. The van der Waals surface area contributed by atoms with Crippen LogP contribution in [0.15, 0.2) is 66.7 Å². The number of carbonyl (C=O) groups excluding carboxylic acids is 1. The van der Waals surface area contributed by atoms with E-state index in [1.54, 1.807) is 6.07 Å². The Morgan fingerprint density at radius 2 is 1.42 bits per heavy atom. The van der Waals surface area contributed by atoms with E-state index in [-0.39, 0.29) is 18.4 Å². The Balaban J connectivity index is 1.33. The molecule has 3 aromatic rings. The minimum absolute atomic E-state index is 0.00194. The number of ketones is 1. The van der Waals surface area contributed by atoms with Crippen LogP contribution in [0.25, 0.3) is 0 Å². The molecule has 4 atom stereocenters. The average Bonchev–Trinajstić information content (AvgIpc) is 2.95. The van der Waals surface area contributed by atoms with Crippen molar-refractivity contribution in [1.29, 1.82) is 0 Å². The molecule has 3 heterocycles. The van der Waals surface area contributed by atoms with Crippen molar-refractivity contribution < 1.29 is 28.5 Å². The lowest BCUT2D eigenvalue weighted by molar-refractivity contribution is -0.106. The molecule has 4 unspecified atom stereocenters. The van der Waals surface area contributed by atoms with Crippen LogP contribution in [0.4, 0.5) is 0 Å². The lowest BCUT2D eigenvalue weighted by Gasteiger charge is -2.34. The summed E-state index contributed by atoms with van der Waals surface area (Å²) in [6, 6.07) is 21.5. The fraction of sp³-hybridized carbons (Fsp3) is 0.406. The van der Waals surface area contributed by atoms with Crippen molar-refractivity contribution in [1.82, 2.24) is 0 Å². The lowest BCUT2D eigenvalue weighted by atomic mass is 9.81. The highest BCUT2D eigenvalue weighted by Gasteiger charge is 2.40. The highest BCUT2D eigenvalue weighted by molar-refractivity contribution is 6.05. The summed E-state index contributed by atoms with van der Waals surface area (Å²) < 4.78 is 30.3. The zero-order valence-electron chi connectivity index (χ0n) is 21.8. The van der Waals surface area contributed by atoms with Crippen LogP contribution in [0.3, 0.4) is 0 Å². The number of hydrogen-bond acceptors (Lipinski definition) is 6. The fourth-order valence-electron chi connectivity index (χ4n) is 5.42. The maximum absolute atomic E-state index is 14.2. The maximum Gasteiger partial charge on any atom is 0.199 e. The average molecular weight is 515 g/mol. The quantitative estimate of drug-likeness (QED) is 0.356. The summed E-state index contributed by atoms with van der Waals surface area (Å²) in [5.41, 5.74) is 3.48. The van der Waals surface area contributed by atoms with Gasteiger partial charge in [0, 0.05) is 12.8 Å². The number of benzene rings is 3. The van der Waals surface area contributed by atoms with Crippen LogP contribution in [0.5, 0.6) is 17.2 Å². The van der Waals surface area contributed by atoms with E-state index in [1.807, 2.05) is 48.5 Å². The summed E-state index contributed by atoms with van der Waals surface area (Å²) >= 11 is 0. The van der Waals surface area contributed by atoms with Crippen LogP contribution >= 0.6 is 0 Å². The molecule has 6 heteroatoms. The van der Waals surface area contributed by atoms with Crippen molar-refractivity contribution in [3.05, 3.63) is 89.0 Å². The molecule has 0 N–H and O–H groups in total. The first-order chi connectivity index (χ1) is 18.6. The minimum atomic E-state index is -0.540. The van der Waals surface area contributed by atoms with Gasteiger partial charge in [-0.1, -0.05) is 42.0 Å². The van der Waals surface area contributed by atoms with E-state index in [4.69, 9.17) is 23.7 Å². The third-order valence-corrected chi connectivity index (χ3v) is 7.49. The minimum Gasteiger partial charge on any atom is -0.484 e. The topological polar surface area (TPSA) is 63.2 Å². The SMILES string of the molecule is Cc1ccc(C2Oc3ccc(OC4CCCCO4)cc3C(=O)C2c2cccc(OC3CCCCO3)c2)cc1. The van der Waals surface area contributed by atoms with Gasteiger partial charge in [0.25, 0.3) is 0 Å². The predicted octanol–water partition coefficient (Wildman–Crippen LogP) is 6.91. The molecule has 2 saturated heterocycles. The molecule has 0 spiro atoms. The number of hydrogen-bond donors (Lipinski definition) is 0. The van der Waals surface area contributed by atoms with E-state index in [0.29, 0.717) is 36.0 Å². The molecular formula is C32H34O6. The summed E-state index contributed by atoms with van der Waals surface area (Å²) in [6.45, 7) is 3.46. The third-order valence-electron chi connectivity index (χ3n) is 7.49. The van der Waals surface area contributed by atoms with Gasteiger partial charge in [-0.2, -0.15) is 0 Å². The van der Waals surface area contributed by atoms with Gasteiger partial charge in [-0.25, -0.2) is 0 Å². The second-order valence-corrected chi connectivity index (χ2v) is 10.3. The molecule has 3 aliphatic heterocycles. The molecular weight excluding hydrogens is 480 g/mol. The van der Waals surface area contributed by atoms with Crippen molar-refractivity contribution >= 4 is 5.78 Å². The molecule has 3 aliphatic rings. The Hall–Kier alpha value is -3.35. The summed E-state index contributed by atoms with van der Waals surface area (Å²) in [6.07, 6.45) is 4.97. The Morgan fingerprint density at radius 3 is 2.08 bits per heavy atom. The molecule has 0 saturated carbocycles. The van der Waals surface area contributed by atoms with E-state index in [1.165, 1.54) is 0 Å². The van der Waals surface area contributed by atoms with Crippen LogP contribution in [-0.4, -0.2) is 31.6 Å². The second-order valence-electron chi connectivity index (χ2n) is 10.3. The van der Waals surface area contributed by atoms with Gasteiger partial charge in [0.1, 0.15) is 23.4 Å². The van der Waals surface area contributed by atoms with Gasteiger partial charge in [-0.05, 0) is 74.1 Å². The van der Waals surface area contributed by atoms with Crippen LogP contribution in [0.1, 0.15) is 77.6 Å². The Morgan fingerprint density at radius 1 is 0.737 bits per heavy atom. The van der Waals surface area contributed by atoms with Crippen LogP contribution in [0, 0.1) is 6.92 Å². The Bertz CT molecular complexity index is 1260. The normalized spacial score (nSPS) is 25.2. The molecule has 2 fully saturated rings. The highest BCUT2D eigenvalue weighted by atomic mass is 16.7. The molecule has 6 nitrogen and oxygen atoms in total. The predicted molar refractivity (Wildman–Crippen MR) is 143 cm³/mol. The summed E-state index contributed by atoms with van der Waals surface area (Å²) in [5.74, 6) is 1.34. The van der Waals surface area contributed by atoms with E-state index >= 15 is 0 Å².